The van der Waals surface area contributed by atoms with E-state index in [2.05, 4.69) is 19.2 Å². The lowest BCUT2D eigenvalue weighted by Gasteiger charge is -2.24. The van der Waals surface area contributed by atoms with Crippen LogP contribution in [0.2, 0.25) is 0 Å². The second kappa shape index (κ2) is 5.85. The predicted octanol–water partition coefficient (Wildman–Crippen LogP) is 1.59. The van der Waals surface area contributed by atoms with Crippen molar-refractivity contribution in [3.8, 4) is 0 Å². The van der Waals surface area contributed by atoms with E-state index in [1.54, 1.807) is 0 Å². The molecule has 0 aromatic rings. The van der Waals surface area contributed by atoms with Crippen molar-refractivity contribution in [1.29, 1.82) is 0 Å². The highest BCUT2D eigenvalue weighted by molar-refractivity contribution is 7.91. The Morgan fingerprint density at radius 3 is 2.47 bits per heavy atom. The molecule has 15 heavy (non-hydrogen) atoms. The van der Waals surface area contributed by atoms with Gasteiger partial charge in [0.1, 0.15) is 9.84 Å². The third kappa shape index (κ3) is 4.98. The maximum absolute atomic E-state index is 11.2. The van der Waals surface area contributed by atoms with Gasteiger partial charge in [0, 0.05) is 6.04 Å². The number of hydrogen-bond donors (Lipinski definition) is 1. The molecule has 1 atom stereocenters. The van der Waals surface area contributed by atoms with Gasteiger partial charge in [0.05, 0.1) is 11.5 Å². The highest BCUT2D eigenvalue weighted by Crippen LogP contribution is 2.13. The van der Waals surface area contributed by atoms with Gasteiger partial charge in [-0.15, -0.1) is 0 Å². The quantitative estimate of drug-likeness (QED) is 0.784. The van der Waals surface area contributed by atoms with E-state index in [9.17, 15) is 8.42 Å². The Morgan fingerprint density at radius 1 is 1.33 bits per heavy atom. The van der Waals surface area contributed by atoms with Crippen molar-refractivity contribution >= 4 is 9.84 Å². The normalized spacial score (nSPS) is 23.9. The summed E-state index contributed by atoms with van der Waals surface area (Å²) in [5, 5.41) is 3.48. The Labute approximate surface area is 93.6 Å². The van der Waals surface area contributed by atoms with E-state index in [0.717, 1.165) is 19.4 Å². The first kappa shape index (κ1) is 13.0. The van der Waals surface area contributed by atoms with E-state index < -0.39 is 9.84 Å². The molecule has 90 valence electrons. The van der Waals surface area contributed by atoms with Gasteiger partial charge >= 0.3 is 0 Å². The Bertz CT molecular complexity index is 260. The van der Waals surface area contributed by atoms with Crippen molar-refractivity contribution < 1.29 is 8.42 Å². The molecule has 1 saturated heterocycles. The van der Waals surface area contributed by atoms with Gasteiger partial charge < -0.3 is 5.32 Å². The minimum Gasteiger partial charge on any atom is -0.314 e. The molecule has 1 aliphatic heterocycles. The third-order valence-corrected chi connectivity index (χ3v) is 4.81. The lowest BCUT2D eigenvalue weighted by atomic mass is 10.1. The zero-order valence-corrected chi connectivity index (χ0v) is 10.6. The first-order chi connectivity index (χ1) is 7.03. The van der Waals surface area contributed by atoms with Crippen LogP contribution in [0.1, 0.15) is 39.5 Å². The van der Waals surface area contributed by atoms with Gasteiger partial charge in [0.2, 0.25) is 0 Å². The Hall–Kier alpha value is -0.0900. The number of hydrogen-bond acceptors (Lipinski definition) is 3. The summed E-state index contributed by atoms with van der Waals surface area (Å²) in [6, 6.07) is 0.424. The molecular formula is C11H23NO2S. The van der Waals surface area contributed by atoms with Crippen LogP contribution in [0.5, 0.6) is 0 Å². The van der Waals surface area contributed by atoms with Gasteiger partial charge in [-0.2, -0.15) is 0 Å². The average Bonchev–Trinajstić information content (AvgIpc) is 2.17. The summed E-state index contributed by atoms with van der Waals surface area (Å²) in [5.41, 5.74) is 0. The summed E-state index contributed by atoms with van der Waals surface area (Å²) < 4.78 is 22.4. The molecule has 1 aliphatic rings. The average molecular weight is 233 g/mol. The van der Waals surface area contributed by atoms with E-state index in [-0.39, 0.29) is 0 Å². The largest absolute Gasteiger partial charge is 0.314 e. The summed E-state index contributed by atoms with van der Waals surface area (Å²) in [6.07, 6.45) is 4.06. The van der Waals surface area contributed by atoms with E-state index in [1.165, 1.54) is 12.8 Å². The standard InChI is InChI=1S/C11H23NO2S/c1-3-4-10(2)9-12-11-5-7-15(13,14)8-6-11/h10-12H,3-9H2,1-2H3. The van der Waals surface area contributed by atoms with E-state index in [4.69, 9.17) is 0 Å². The monoisotopic (exact) mass is 233 g/mol. The molecule has 0 radical (unpaired) electrons. The molecule has 0 saturated carbocycles. The predicted molar refractivity (Wildman–Crippen MR) is 63.8 cm³/mol. The fourth-order valence-electron chi connectivity index (χ4n) is 2.06. The molecule has 1 N–H and O–H groups in total. The minimum absolute atomic E-state index is 0.368. The van der Waals surface area contributed by atoms with Gasteiger partial charge in [-0.1, -0.05) is 20.3 Å². The summed E-state index contributed by atoms with van der Waals surface area (Å²) in [5.74, 6) is 1.44. The molecule has 0 aromatic heterocycles. The maximum Gasteiger partial charge on any atom is 0.150 e. The molecule has 1 fully saturated rings. The van der Waals surface area contributed by atoms with Crippen LogP contribution in [0, 0.1) is 5.92 Å². The molecule has 0 bridgehead atoms. The van der Waals surface area contributed by atoms with Crippen molar-refractivity contribution in [3.63, 3.8) is 0 Å². The smallest absolute Gasteiger partial charge is 0.150 e. The highest BCUT2D eigenvalue weighted by atomic mass is 32.2. The zero-order chi connectivity index (χ0) is 11.3. The van der Waals surface area contributed by atoms with Crippen molar-refractivity contribution in [1.82, 2.24) is 5.32 Å². The minimum atomic E-state index is -2.70. The number of rotatable bonds is 5. The summed E-state index contributed by atoms with van der Waals surface area (Å²) in [6.45, 7) is 5.47. The van der Waals surface area contributed by atoms with Gasteiger partial charge in [0.15, 0.2) is 0 Å². The van der Waals surface area contributed by atoms with Crippen LogP contribution in [0.4, 0.5) is 0 Å². The molecule has 0 aliphatic carbocycles. The highest BCUT2D eigenvalue weighted by Gasteiger charge is 2.23. The fourth-order valence-corrected chi connectivity index (χ4v) is 3.55. The summed E-state index contributed by atoms with van der Waals surface area (Å²) >= 11 is 0. The Kier molecular flexibility index (Phi) is 5.06. The van der Waals surface area contributed by atoms with Crippen LogP contribution in [0.25, 0.3) is 0 Å². The maximum atomic E-state index is 11.2. The van der Waals surface area contributed by atoms with Crippen LogP contribution in [-0.4, -0.2) is 32.5 Å². The van der Waals surface area contributed by atoms with E-state index in [1.807, 2.05) is 0 Å². The van der Waals surface area contributed by atoms with E-state index in [0.29, 0.717) is 23.5 Å². The molecule has 0 amide bonds. The first-order valence-electron chi connectivity index (χ1n) is 5.97. The lowest BCUT2D eigenvalue weighted by molar-refractivity contribution is 0.404. The van der Waals surface area contributed by atoms with Gasteiger partial charge in [-0.25, -0.2) is 8.42 Å². The van der Waals surface area contributed by atoms with Crippen LogP contribution >= 0.6 is 0 Å². The van der Waals surface area contributed by atoms with Crippen molar-refractivity contribution in [2.24, 2.45) is 5.92 Å². The Balaban J connectivity index is 2.19. The number of nitrogens with one attached hydrogen (secondary N) is 1. The fraction of sp³-hybridized carbons (Fsp3) is 1.00. The van der Waals surface area contributed by atoms with Gasteiger partial charge in [-0.3, -0.25) is 0 Å². The molecule has 0 spiro atoms. The topological polar surface area (TPSA) is 46.2 Å². The number of sulfone groups is 1. The lowest BCUT2D eigenvalue weighted by Crippen LogP contribution is -2.39. The molecular weight excluding hydrogens is 210 g/mol. The first-order valence-corrected chi connectivity index (χ1v) is 7.79. The SMILES string of the molecule is CCCC(C)CNC1CCS(=O)(=O)CC1. The second-order valence-corrected chi connectivity index (χ2v) is 7.03. The Morgan fingerprint density at radius 2 is 1.93 bits per heavy atom. The van der Waals surface area contributed by atoms with Crippen LogP contribution in [0.15, 0.2) is 0 Å². The molecule has 1 rings (SSSR count). The summed E-state index contributed by atoms with van der Waals surface area (Å²) in [7, 11) is -2.70. The third-order valence-electron chi connectivity index (χ3n) is 3.09. The van der Waals surface area contributed by atoms with Crippen LogP contribution in [-0.2, 0) is 9.84 Å². The molecule has 0 aromatic carbocycles. The van der Waals surface area contributed by atoms with Crippen LogP contribution in [0.3, 0.4) is 0 Å². The van der Waals surface area contributed by atoms with Crippen molar-refractivity contribution in [2.75, 3.05) is 18.1 Å². The molecule has 4 heteroatoms. The summed E-state index contributed by atoms with van der Waals surface area (Å²) in [4.78, 5) is 0. The molecule has 1 heterocycles. The van der Waals surface area contributed by atoms with Gasteiger partial charge in [0.25, 0.3) is 0 Å². The van der Waals surface area contributed by atoms with Gasteiger partial charge in [-0.05, 0) is 31.7 Å². The molecule has 3 nitrogen and oxygen atoms in total. The van der Waals surface area contributed by atoms with Crippen LogP contribution < -0.4 is 5.32 Å². The second-order valence-electron chi connectivity index (χ2n) is 4.73. The zero-order valence-electron chi connectivity index (χ0n) is 9.83. The van der Waals surface area contributed by atoms with Crippen molar-refractivity contribution in [3.05, 3.63) is 0 Å². The van der Waals surface area contributed by atoms with Crippen molar-refractivity contribution in [2.45, 2.75) is 45.6 Å². The van der Waals surface area contributed by atoms with E-state index >= 15 is 0 Å². The molecule has 1 unspecified atom stereocenters.